The Morgan fingerprint density at radius 3 is 0.906 bits per heavy atom. The molecule has 0 amide bonds. The van der Waals surface area contributed by atoms with E-state index in [4.69, 9.17) is 9.47 Å². The van der Waals surface area contributed by atoms with Crippen LogP contribution in [-0.4, -0.2) is 11.9 Å². The molecule has 0 radical (unpaired) electrons. The van der Waals surface area contributed by atoms with Crippen molar-refractivity contribution in [3.05, 3.63) is 144 Å². The maximum absolute atomic E-state index is 12.9. The molecule has 0 N–H and O–H groups in total. The molecule has 0 aliphatic heterocycles. The monoisotopic (exact) mass is 420 g/mol. The molecule has 0 aliphatic carbocycles. The van der Waals surface area contributed by atoms with E-state index in [1.165, 1.54) is 0 Å². The van der Waals surface area contributed by atoms with Gasteiger partial charge in [-0.3, -0.25) is 0 Å². The Kier molecular flexibility index (Phi) is 6.54. The maximum Gasteiger partial charge on any atom is 0.343 e. The molecule has 32 heavy (non-hydrogen) atoms. The van der Waals surface area contributed by atoms with Gasteiger partial charge in [0.25, 0.3) is 0 Å². The summed E-state index contributed by atoms with van der Waals surface area (Å²) in [6.45, 7) is 0. The predicted octanol–water partition coefficient (Wildman–Crippen LogP) is 6.23. The van der Waals surface area contributed by atoms with Crippen molar-refractivity contribution >= 4 is 23.5 Å². The minimum absolute atomic E-state index is 0.162. The number of hydrogen-bond acceptors (Lipinski definition) is 4. The number of esters is 2. The fourth-order valence-corrected chi connectivity index (χ4v) is 3.10. The number of carbonyl (C=O) groups is 2. The van der Waals surface area contributed by atoms with Gasteiger partial charge < -0.3 is 9.47 Å². The van der Waals surface area contributed by atoms with Crippen molar-refractivity contribution in [1.82, 2.24) is 0 Å². The topological polar surface area (TPSA) is 52.6 Å². The predicted molar refractivity (Wildman–Crippen MR) is 123 cm³/mol. The Hall–Kier alpha value is -4.44. The van der Waals surface area contributed by atoms with E-state index in [1.807, 2.05) is 48.5 Å². The van der Waals surface area contributed by atoms with Gasteiger partial charge in [0.05, 0.1) is 11.1 Å². The number of carbonyl (C=O) groups excluding carboxylic acids is 2. The van der Waals surface area contributed by atoms with E-state index in [0.29, 0.717) is 22.3 Å². The van der Waals surface area contributed by atoms with Gasteiger partial charge in [0.2, 0.25) is 0 Å². The van der Waals surface area contributed by atoms with Crippen molar-refractivity contribution in [2.24, 2.45) is 0 Å². The Morgan fingerprint density at radius 2 is 0.625 bits per heavy atom. The number of hydrogen-bond donors (Lipinski definition) is 0. The number of rotatable bonds is 6. The summed E-state index contributed by atoms with van der Waals surface area (Å²) >= 11 is 0. The molecule has 4 aromatic rings. The molecule has 0 fully saturated rings. The van der Waals surface area contributed by atoms with Gasteiger partial charge in [-0.15, -0.1) is 0 Å². The third kappa shape index (κ3) is 4.99. The normalized spacial score (nSPS) is 11.2. The molecular weight excluding hydrogens is 400 g/mol. The van der Waals surface area contributed by atoms with Gasteiger partial charge in [-0.25, -0.2) is 9.59 Å². The summed E-state index contributed by atoms with van der Waals surface area (Å²) in [6.07, 6.45) is 0. The lowest BCUT2D eigenvalue weighted by molar-refractivity contribution is 0.0647. The maximum atomic E-state index is 12.9. The summed E-state index contributed by atoms with van der Waals surface area (Å²) in [6, 6.07) is 35.6. The van der Waals surface area contributed by atoms with Crippen LogP contribution in [0.4, 0.5) is 0 Å². The SMILES string of the molecule is O=C(O/C(=C(\OC(=O)c1ccccc1)c1ccccc1)c1ccccc1)c1ccccc1. The molecule has 0 saturated heterocycles. The second-order valence-corrected chi connectivity index (χ2v) is 6.90. The fourth-order valence-electron chi connectivity index (χ4n) is 3.10. The van der Waals surface area contributed by atoms with Crippen molar-refractivity contribution in [3.63, 3.8) is 0 Å². The highest BCUT2D eigenvalue weighted by molar-refractivity contribution is 6.00. The first kappa shape index (κ1) is 20.8. The third-order valence-electron chi connectivity index (χ3n) is 4.69. The second kappa shape index (κ2) is 10.0. The van der Waals surface area contributed by atoms with E-state index in [1.54, 1.807) is 72.8 Å². The Labute approximate surface area is 186 Å². The molecule has 156 valence electrons. The van der Waals surface area contributed by atoms with E-state index < -0.39 is 11.9 Å². The minimum atomic E-state index is -0.548. The van der Waals surface area contributed by atoms with Crippen molar-refractivity contribution in [3.8, 4) is 0 Å². The average Bonchev–Trinajstić information content (AvgIpc) is 2.88. The molecule has 4 nitrogen and oxygen atoms in total. The van der Waals surface area contributed by atoms with Gasteiger partial charge in [-0.05, 0) is 24.3 Å². The fraction of sp³-hybridized carbons (Fsp3) is 0. The Bertz CT molecular complexity index is 1120. The van der Waals surface area contributed by atoms with Crippen LogP contribution in [-0.2, 0) is 9.47 Å². The summed E-state index contributed by atoms with van der Waals surface area (Å²) in [7, 11) is 0. The summed E-state index contributed by atoms with van der Waals surface area (Å²) in [5.74, 6) is -0.771. The molecular formula is C28H20O4. The molecule has 4 rings (SSSR count). The van der Waals surface area contributed by atoms with Crippen LogP contribution < -0.4 is 0 Å². The standard InChI is InChI=1S/C28H20O4/c29-27(23-17-9-3-10-18-23)31-25(21-13-5-1-6-14-21)26(22-15-7-2-8-16-22)32-28(30)24-19-11-4-12-20-24/h1-20H/b26-25-. The summed E-state index contributed by atoms with van der Waals surface area (Å²) in [4.78, 5) is 25.8. The summed E-state index contributed by atoms with van der Waals surface area (Å²) in [5, 5.41) is 0. The van der Waals surface area contributed by atoms with Gasteiger partial charge >= 0.3 is 11.9 Å². The zero-order valence-electron chi connectivity index (χ0n) is 17.2. The van der Waals surface area contributed by atoms with E-state index in [2.05, 4.69) is 0 Å². The van der Waals surface area contributed by atoms with Crippen LogP contribution in [0.5, 0.6) is 0 Å². The first-order valence-corrected chi connectivity index (χ1v) is 10.1. The number of ether oxygens (including phenoxy) is 2. The molecule has 4 aromatic carbocycles. The van der Waals surface area contributed by atoms with Crippen molar-refractivity contribution in [2.75, 3.05) is 0 Å². The molecule has 0 aromatic heterocycles. The van der Waals surface area contributed by atoms with Crippen LogP contribution in [0.25, 0.3) is 11.5 Å². The lowest BCUT2D eigenvalue weighted by Crippen LogP contribution is -2.11. The van der Waals surface area contributed by atoms with E-state index in [9.17, 15) is 9.59 Å². The number of benzene rings is 4. The van der Waals surface area contributed by atoms with Crippen LogP contribution in [0.3, 0.4) is 0 Å². The van der Waals surface area contributed by atoms with Gasteiger partial charge in [-0.2, -0.15) is 0 Å². The average molecular weight is 420 g/mol. The minimum Gasteiger partial charge on any atom is -0.418 e. The van der Waals surface area contributed by atoms with Crippen molar-refractivity contribution < 1.29 is 19.1 Å². The molecule has 0 heterocycles. The molecule has 0 spiro atoms. The molecule has 4 heteroatoms. The highest BCUT2D eigenvalue weighted by atomic mass is 16.6. The summed E-state index contributed by atoms with van der Waals surface area (Å²) < 4.78 is 11.7. The van der Waals surface area contributed by atoms with E-state index >= 15 is 0 Å². The molecule has 0 saturated carbocycles. The lowest BCUT2D eigenvalue weighted by Gasteiger charge is -2.16. The highest BCUT2D eigenvalue weighted by Crippen LogP contribution is 2.30. The zero-order valence-corrected chi connectivity index (χ0v) is 17.2. The highest BCUT2D eigenvalue weighted by Gasteiger charge is 2.22. The largest absolute Gasteiger partial charge is 0.418 e. The second-order valence-electron chi connectivity index (χ2n) is 6.90. The lowest BCUT2D eigenvalue weighted by atomic mass is 10.1. The van der Waals surface area contributed by atoms with Gasteiger partial charge in [0, 0.05) is 11.1 Å². The van der Waals surface area contributed by atoms with Gasteiger partial charge in [-0.1, -0.05) is 97.1 Å². The molecule has 0 atom stereocenters. The van der Waals surface area contributed by atoms with Crippen LogP contribution in [0.15, 0.2) is 121 Å². The van der Waals surface area contributed by atoms with E-state index in [-0.39, 0.29) is 11.5 Å². The Balaban J connectivity index is 1.83. The first-order chi connectivity index (χ1) is 15.7. The Morgan fingerprint density at radius 1 is 0.375 bits per heavy atom. The smallest absolute Gasteiger partial charge is 0.343 e. The van der Waals surface area contributed by atoms with E-state index in [0.717, 1.165) is 0 Å². The van der Waals surface area contributed by atoms with Gasteiger partial charge in [0.15, 0.2) is 11.5 Å². The molecule has 0 aliphatic rings. The zero-order chi connectivity index (χ0) is 22.2. The van der Waals surface area contributed by atoms with Crippen molar-refractivity contribution in [2.45, 2.75) is 0 Å². The van der Waals surface area contributed by atoms with Crippen LogP contribution in [0.1, 0.15) is 31.8 Å². The molecule has 0 unspecified atom stereocenters. The van der Waals surface area contributed by atoms with Crippen LogP contribution >= 0.6 is 0 Å². The summed E-state index contributed by atoms with van der Waals surface area (Å²) in [5.41, 5.74) is 2.00. The third-order valence-corrected chi connectivity index (χ3v) is 4.69. The quantitative estimate of drug-likeness (QED) is 0.211. The van der Waals surface area contributed by atoms with Crippen molar-refractivity contribution in [1.29, 1.82) is 0 Å². The first-order valence-electron chi connectivity index (χ1n) is 10.1. The van der Waals surface area contributed by atoms with Gasteiger partial charge in [0.1, 0.15) is 0 Å². The van der Waals surface area contributed by atoms with Crippen LogP contribution in [0.2, 0.25) is 0 Å². The molecule has 0 bridgehead atoms. The van der Waals surface area contributed by atoms with Crippen LogP contribution in [0, 0.1) is 0 Å².